The minimum atomic E-state index is -0.293. The van der Waals surface area contributed by atoms with E-state index in [1.54, 1.807) is 89.3 Å². The van der Waals surface area contributed by atoms with Gasteiger partial charge in [0, 0.05) is 32.7 Å². The average Bonchev–Trinajstić information content (AvgIpc) is 3.91. The highest BCUT2D eigenvalue weighted by atomic mass is 35.5. The zero-order chi connectivity index (χ0) is 48.7. The fourth-order valence-electron chi connectivity index (χ4n) is 9.25. The Kier molecular flexibility index (Phi) is 10.2. The van der Waals surface area contributed by atoms with Crippen LogP contribution in [0.5, 0.6) is 11.5 Å². The number of aryl methyl sites for hydroxylation is 1. The summed E-state index contributed by atoms with van der Waals surface area (Å²) in [5, 5.41) is 53.8. The maximum Gasteiger partial charge on any atom is 0.264 e. The van der Waals surface area contributed by atoms with E-state index in [-0.39, 0.29) is 44.9 Å². The molecule has 14 nitrogen and oxygen atoms in total. The van der Waals surface area contributed by atoms with Crippen LogP contribution < -0.4 is 10.5 Å². The molecule has 0 saturated carbocycles. The molecule has 11 aromatic rings. The lowest BCUT2D eigenvalue weighted by atomic mass is 10.0. The van der Waals surface area contributed by atoms with Crippen molar-refractivity contribution in [3.63, 3.8) is 0 Å². The number of hydrogen-bond acceptors (Lipinski definition) is 12. The summed E-state index contributed by atoms with van der Waals surface area (Å²) < 4.78 is 1.58. The molecule has 1 aliphatic rings. The van der Waals surface area contributed by atoms with Gasteiger partial charge in [0.1, 0.15) is 22.8 Å². The van der Waals surface area contributed by atoms with Crippen LogP contribution in [0.3, 0.4) is 0 Å². The lowest BCUT2D eigenvalue weighted by molar-refractivity contribution is -0.106. The van der Waals surface area contributed by atoms with Gasteiger partial charge in [0.15, 0.2) is 11.5 Å². The van der Waals surface area contributed by atoms with E-state index in [4.69, 9.17) is 28.2 Å². The van der Waals surface area contributed by atoms with E-state index in [0.29, 0.717) is 94.6 Å². The normalized spacial score (nSPS) is 12.5. The third-order valence-electron chi connectivity index (χ3n) is 12.6. The number of imidazole rings is 1. The summed E-state index contributed by atoms with van der Waals surface area (Å²) in [4.78, 5) is 46.2. The molecule has 0 fully saturated rings. The van der Waals surface area contributed by atoms with Crippen LogP contribution in [0, 0.1) is 6.92 Å². The Balaban J connectivity index is 0.788. The van der Waals surface area contributed by atoms with E-state index in [0.717, 1.165) is 22.1 Å². The van der Waals surface area contributed by atoms with Crippen LogP contribution in [0.15, 0.2) is 187 Å². The number of pyridine rings is 1. The molecule has 2 aromatic heterocycles. The molecule has 0 saturated heterocycles. The Morgan fingerprint density at radius 2 is 1.25 bits per heavy atom. The molecule has 0 bridgehead atoms. The summed E-state index contributed by atoms with van der Waals surface area (Å²) in [7, 11) is 0. The quantitative estimate of drug-likeness (QED) is 0.107. The van der Waals surface area contributed by atoms with Crippen molar-refractivity contribution < 1.29 is 19.8 Å². The zero-order valence-corrected chi connectivity index (χ0v) is 38.4. The number of benzene rings is 9. The van der Waals surface area contributed by atoms with Gasteiger partial charge >= 0.3 is 0 Å². The second kappa shape index (κ2) is 16.8. The molecule has 71 heavy (non-hydrogen) atoms. The van der Waals surface area contributed by atoms with Gasteiger partial charge in [0.05, 0.1) is 60.6 Å². The first-order valence-electron chi connectivity index (χ1n) is 22.0. The molecule has 2 N–H and O–H groups in total. The Labute approximate surface area is 411 Å². The van der Waals surface area contributed by atoms with Gasteiger partial charge in [0.25, 0.3) is 5.56 Å². The van der Waals surface area contributed by atoms with Gasteiger partial charge in [0.2, 0.25) is 6.41 Å². The van der Waals surface area contributed by atoms with E-state index in [1.807, 2.05) is 61.5 Å². The Morgan fingerprint density at radius 3 is 2.00 bits per heavy atom. The first-order valence-corrected chi connectivity index (χ1v) is 22.7. The van der Waals surface area contributed by atoms with Gasteiger partial charge in [-0.25, -0.2) is 4.98 Å². The van der Waals surface area contributed by atoms with Gasteiger partial charge in [-0.2, -0.15) is 20.5 Å². The van der Waals surface area contributed by atoms with E-state index < -0.39 is 0 Å². The number of azo groups is 3. The number of carbonyl (C=O) groups excluding carboxylic acids is 2. The number of ketones is 1. The highest BCUT2D eigenvalue weighted by Crippen LogP contribution is 2.47. The van der Waals surface area contributed by atoms with Crippen LogP contribution in [0.2, 0.25) is 10.0 Å². The first kappa shape index (κ1) is 43.1. The molecular weight excluding hydrogens is 938 g/mol. The number of halogens is 2. The van der Waals surface area contributed by atoms with Crippen molar-refractivity contribution in [2.24, 2.45) is 30.7 Å². The molecule has 0 aliphatic heterocycles. The third kappa shape index (κ3) is 7.11. The number of rotatable bonds is 9. The molecule has 340 valence electrons. The third-order valence-corrected chi connectivity index (χ3v) is 13.4. The molecule has 12 rings (SSSR count). The van der Waals surface area contributed by atoms with E-state index in [2.05, 4.69) is 30.7 Å². The van der Waals surface area contributed by atoms with E-state index in [9.17, 15) is 24.6 Å². The highest BCUT2D eigenvalue weighted by Gasteiger charge is 2.28. The monoisotopic (exact) mass is 967 g/mol. The number of anilines is 2. The SMILES string of the molecule is Cc1cc(N=Nc2ccc3c(c2)C(=O)c2cc(N=Nc4c(O)c(N(C=O)c5ccc(Cl)c(Cl)c5)cc5ccccc45)ccc2-3)ccc1N=Nc1c(O)cc2c(=O)n3c4ccccc4nc3c3cccc1c23. The molecule has 1 amide bonds. The zero-order valence-electron chi connectivity index (χ0n) is 36.9. The molecule has 16 heteroatoms. The number of fused-ring (bicyclic) bond motifs is 8. The van der Waals surface area contributed by atoms with Crippen molar-refractivity contribution in [2.45, 2.75) is 6.92 Å². The van der Waals surface area contributed by atoms with Crippen molar-refractivity contribution >= 4 is 130 Å². The van der Waals surface area contributed by atoms with Gasteiger partial charge in [-0.1, -0.05) is 89.9 Å². The van der Waals surface area contributed by atoms with Gasteiger partial charge in [-0.3, -0.25) is 23.7 Å². The van der Waals surface area contributed by atoms with Crippen molar-refractivity contribution in [1.82, 2.24) is 9.38 Å². The summed E-state index contributed by atoms with van der Waals surface area (Å²) in [6.45, 7) is 1.86. The van der Waals surface area contributed by atoms with Crippen LogP contribution in [-0.4, -0.2) is 31.8 Å². The lowest BCUT2D eigenvalue weighted by Crippen LogP contribution is -2.14. The van der Waals surface area contributed by atoms with Crippen LogP contribution in [-0.2, 0) is 4.79 Å². The molecule has 0 atom stereocenters. The van der Waals surface area contributed by atoms with Crippen LogP contribution in [0.25, 0.3) is 60.1 Å². The Morgan fingerprint density at radius 1 is 0.592 bits per heavy atom. The second-order valence-corrected chi connectivity index (χ2v) is 17.6. The van der Waals surface area contributed by atoms with Gasteiger partial charge in [-0.15, -0.1) is 10.2 Å². The number of phenolic OH excluding ortho intramolecular Hbond substituents is 2. The average molecular weight is 969 g/mol. The van der Waals surface area contributed by atoms with Crippen LogP contribution >= 0.6 is 23.2 Å². The standard InChI is InChI=1S/C55H31Cl2N9O5/c1-28-21-30(15-20-44(28)62-63-50-37-9-6-10-38-49(37)41(26-48(50)68)55(71)66-46-12-5-4-11-45(46)58-54(38)66)59-60-31-13-17-35-36-18-14-32(24-40(36)52(69)39(35)23-31)61-64-51-34-8-3-2-7-29(34)22-47(53(51)70)65(27-67)33-16-19-42(56)43(57)25-33/h2-27,68,70H,1H3. The minimum Gasteiger partial charge on any atom is -0.506 e. The molecule has 0 spiro atoms. The van der Waals surface area contributed by atoms with Gasteiger partial charge < -0.3 is 10.2 Å². The number of para-hydroxylation sites is 2. The fourth-order valence-corrected chi connectivity index (χ4v) is 9.54. The number of aromatic hydroxyl groups is 2. The van der Waals surface area contributed by atoms with Crippen molar-refractivity contribution in [3.8, 4) is 22.6 Å². The summed E-state index contributed by atoms with van der Waals surface area (Å²) in [6.07, 6.45) is 0.560. The molecule has 9 aromatic carbocycles. The number of nitrogens with zero attached hydrogens (tertiary/aromatic N) is 9. The molecule has 0 unspecified atom stereocenters. The number of amides is 1. The molecule has 0 radical (unpaired) electrons. The number of phenols is 2. The lowest BCUT2D eigenvalue weighted by Gasteiger charge is -2.21. The topological polar surface area (TPSA) is 186 Å². The first-order chi connectivity index (χ1) is 34.5. The summed E-state index contributed by atoms with van der Waals surface area (Å²) in [5.74, 6) is -0.695. The predicted octanol–water partition coefficient (Wildman–Crippen LogP) is 15.5. The van der Waals surface area contributed by atoms with Crippen molar-refractivity contribution in [3.05, 3.63) is 189 Å². The van der Waals surface area contributed by atoms with Crippen molar-refractivity contribution in [2.75, 3.05) is 4.90 Å². The number of carbonyl (C=O) groups is 2. The highest BCUT2D eigenvalue weighted by molar-refractivity contribution is 6.42. The fraction of sp³-hybridized carbons (Fsp3) is 0.0182. The molecular formula is C55H31Cl2N9O5. The van der Waals surface area contributed by atoms with Crippen molar-refractivity contribution in [1.29, 1.82) is 0 Å². The number of aromatic nitrogens is 2. The minimum absolute atomic E-state index is 0.122. The molecule has 1 aliphatic carbocycles. The maximum absolute atomic E-state index is 13.9. The van der Waals surface area contributed by atoms with E-state index in [1.165, 1.54) is 17.0 Å². The molecule has 2 heterocycles. The Bertz CT molecular complexity index is 4290. The van der Waals surface area contributed by atoms with Crippen LogP contribution in [0.1, 0.15) is 21.5 Å². The second-order valence-electron chi connectivity index (χ2n) is 16.8. The summed E-state index contributed by atoms with van der Waals surface area (Å²) in [6, 6.07) is 43.8. The largest absolute Gasteiger partial charge is 0.506 e. The smallest absolute Gasteiger partial charge is 0.264 e. The van der Waals surface area contributed by atoms with E-state index >= 15 is 0 Å². The summed E-state index contributed by atoms with van der Waals surface area (Å²) in [5.41, 5.74) is 7.48. The summed E-state index contributed by atoms with van der Waals surface area (Å²) >= 11 is 12.4. The number of hydrogen-bond donors (Lipinski definition) is 2. The van der Waals surface area contributed by atoms with Gasteiger partial charge in [-0.05, 0) is 114 Å². The Hall–Kier alpha value is -9.24. The maximum atomic E-state index is 13.9. The predicted molar refractivity (Wildman–Crippen MR) is 276 cm³/mol. The van der Waals surface area contributed by atoms with Crippen LogP contribution in [0.4, 0.5) is 45.5 Å².